The van der Waals surface area contributed by atoms with E-state index in [1.54, 1.807) is 4.31 Å². The Morgan fingerprint density at radius 1 is 1.38 bits per heavy atom. The van der Waals surface area contributed by atoms with Crippen molar-refractivity contribution in [1.82, 2.24) is 9.62 Å². The third-order valence-electron chi connectivity index (χ3n) is 2.80. The summed E-state index contributed by atoms with van der Waals surface area (Å²) in [6.07, 6.45) is 1.78. The van der Waals surface area contributed by atoms with Gasteiger partial charge in [0.05, 0.1) is 12.4 Å². The number of methoxy groups -OCH3 is 1. The summed E-state index contributed by atoms with van der Waals surface area (Å²) < 4.78 is 29.9. The molecule has 0 radical (unpaired) electrons. The number of nitrogens with one attached hydrogen (secondary N) is 1. The van der Waals surface area contributed by atoms with Crippen molar-refractivity contribution in [2.45, 2.75) is 18.9 Å². The zero-order valence-electron chi connectivity index (χ0n) is 9.81. The lowest BCUT2D eigenvalue weighted by Gasteiger charge is -2.30. The number of halogens is 1. The number of hydrogen-bond acceptors (Lipinski definition) is 4. The van der Waals surface area contributed by atoms with Crippen molar-refractivity contribution in [2.75, 3.05) is 39.6 Å². The molecule has 1 saturated heterocycles. The van der Waals surface area contributed by atoms with Gasteiger partial charge >= 0.3 is 0 Å². The first-order valence-electron chi connectivity index (χ1n) is 5.24. The molecule has 1 aliphatic heterocycles. The predicted octanol–water partition coefficient (Wildman–Crippen LogP) is 0.0682. The zero-order valence-corrected chi connectivity index (χ0v) is 11.4. The molecule has 1 N–H and O–H groups in total. The molecule has 0 aromatic heterocycles. The number of nitrogens with zero attached hydrogens (tertiary/aromatic N) is 1. The Hall–Kier alpha value is 0.120. The fourth-order valence-corrected chi connectivity index (χ4v) is 3.14. The van der Waals surface area contributed by atoms with Crippen LogP contribution in [0.1, 0.15) is 12.8 Å². The molecule has 0 atom stereocenters. The van der Waals surface area contributed by atoms with E-state index in [9.17, 15) is 8.42 Å². The van der Waals surface area contributed by atoms with Crippen LogP contribution in [-0.2, 0) is 14.8 Å². The van der Waals surface area contributed by atoms with E-state index in [0.29, 0.717) is 19.1 Å². The third-order valence-corrected chi connectivity index (χ3v) is 4.64. The van der Waals surface area contributed by atoms with Crippen LogP contribution in [-0.4, -0.2) is 58.4 Å². The molecule has 7 heteroatoms. The van der Waals surface area contributed by atoms with Crippen molar-refractivity contribution >= 4 is 22.4 Å². The maximum atomic E-state index is 11.8. The summed E-state index contributed by atoms with van der Waals surface area (Å²) in [6, 6.07) is 0.457. The van der Waals surface area contributed by atoms with Gasteiger partial charge in [0, 0.05) is 26.2 Å². The van der Waals surface area contributed by atoms with Gasteiger partial charge in [-0.1, -0.05) is 0 Å². The van der Waals surface area contributed by atoms with Crippen LogP contribution in [0.4, 0.5) is 0 Å². The van der Waals surface area contributed by atoms with E-state index in [4.69, 9.17) is 4.74 Å². The highest BCUT2D eigenvalue weighted by atomic mass is 35.5. The SMILES string of the molecule is CNC1CCN(S(=O)(=O)CCOC)CC1.Cl. The molecule has 1 fully saturated rings. The predicted molar refractivity (Wildman–Crippen MR) is 66.6 cm³/mol. The molecule has 1 aliphatic rings. The number of piperidine rings is 1. The van der Waals surface area contributed by atoms with Crippen molar-refractivity contribution in [2.24, 2.45) is 0 Å². The Kier molecular flexibility index (Phi) is 7.50. The van der Waals surface area contributed by atoms with Gasteiger partial charge in [0.15, 0.2) is 0 Å². The van der Waals surface area contributed by atoms with Crippen LogP contribution in [0.25, 0.3) is 0 Å². The van der Waals surface area contributed by atoms with Gasteiger partial charge in [-0.15, -0.1) is 12.4 Å². The summed E-state index contributed by atoms with van der Waals surface area (Å²) in [4.78, 5) is 0. The first kappa shape index (κ1) is 16.1. The number of hydrogen-bond donors (Lipinski definition) is 1. The molecule has 16 heavy (non-hydrogen) atoms. The highest BCUT2D eigenvalue weighted by Gasteiger charge is 2.26. The molecule has 0 aromatic rings. The van der Waals surface area contributed by atoms with Crippen LogP contribution in [0.3, 0.4) is 0 Å². The molecular formula is C9H21ClN2O3S. The standard InChI is InChI=1S/C9H20N2O3S.ClH/c1-10-9-3-5-11(6-4-9)15(12,13)8-7-14-2;/h9-10H,3-8H2,1-2H3;1H. The van der Waals surface area contributed by atoms with Crippen LogP contribution in [0.5, 0.6) is 0 Å². The van der Waals surface area contributed by atoms with Crippen molar-refractivity contribution in [1.29, 1.82) is 0 Å². The zero-order chi connectivity index (χ0) is 11.3. The topological polar surface area (TPSA) is 58.6 Å². The molecule has 5 nitrogen and oxygen atoms in total. The van der Waals surface area contributed by atoms with Gasteiger partial charge in [-0.25, -0.2) is 12.7 Å². The molecule has 0 bridgehead atoms. The van der Waals surface area contributed by atoms with Gasteiger partial charge < -0.3 is 10.1 Å². The third kappa shape index (κ3) is 4.55. The minimum Gasteiger partial charge on any atom is -0.384 e. The summed E-state index contributed by atoms with van der Waals surface area (Å²) in [5, 5.41) is 3.17. The average molecular weight is 273 g/mol. The molecule has 0 spiro atoms. The summed E-state index contributed by atoms with van der Waals surface area (Å²) >= 11 is 0. The Balaban J connectivity index is 0.00000225. The Bertz CT molecular complexity index is 276. The average Bonchev–Trinajstić information content (AvgIpc) is 2.26. The van der Waals surface area contributed by atoms with Crippen LogP contribution >= 0.6 is 12.4 Å². The molecule has 0 aromatic carbocycles. The molecule has 0 unspecified atom stereocenters. The van der Waals surface area contributed by atoms with Crippen LogP contribution in [0, 0.1) is 0 Å². The lowest BCUT2D eigenvalue weighted by molar-refractivity contribution is 0.214. The number of rotatable bonds is 5. The highest BCUT2D eigenvalue weighted by Crippen LogP contribution is 2.13. The monoisotopic (exact) mass is 272 g/mol. The number of sulfonamides is 1. The normalized spacial score (nSPS) is 19.4. The molecule has 0 amide bonds. The molecule has 98 valence electrons. The Morgan fingerprint density at radius 2 is 1.94 bits per heavy atom. The van der Waals surface area contributed by atoms with Gasteiger partial charge in [-0.3, -0.25) is 0 Å². The lowest BCUT2D eigenvalue weighted by atomic mass is 10.1. The van der Waals surface area contributed by atoms with Gasteiger partial charge in [-0.05, 0) is 19.9 Å². The fourth-order valence-electron chi connectivity index (χ4n) is 1.74. The quantitative estimate of drug-likeness (QED) is 0.769. The maximum absolute atomic E-state index is 11.8. The second kappa shape index (κ2) is 7.45. The lowest BCUT2D eigenvalue weighted by Crippen LogP contribution is -2.45. The van der Waals surface area contributed by atoms with E-state index in [1.165, 1.54) is 7.11 Å². The summed E-state index contributed by atoms with van der Waals surface area (Å²) in [6.45, 7) is 1.52. The van der Waals surface area contributed by atoms with Crippen molar-refractivity contribution < 1.29 is 13.2 Å². The number of ether oxygens (including phenoxy) is 1. The van der Waals surface area contributed by atoms with Crippen LogP contribution in [0.2, 0.25) is 0 Å². The first-order valence-corrected chi connectivity index (χ1v) is 6.85. The molecular weight excluding hydrogens is 252 g/mol. The maximum Gasteiger partial charge on any atom is 0.216 e. The molecule has 0 saturated carbocycles. The largest absolute Gasteiger partial charge is 0.384 e. The highest BCUT2D eigenvalue weighted by molar-refractivity contribution is 7.89. The van der Waals surface area contributed by atoms with Crippen molar-refractivity contribution in [3.63, 3.8) is 0 Å². The molecule has 1 heterocycles. The summed E-state index contributed by atoms with van der Waals surface area (Å²) in [5.41, 5.74) is 0. The van der Waals surface area contributed by atoms with Crippen LogP contribution in [0.15, 0.2) is 0 Å². The molecule has 0 aliphatic carbocycles. The van der Waals surface area contributed by atoms with E-state index in [-0.39, 0.29) is 24.8 Å². The van der Waals surface area contributed by atoms with E-state index in [0.717, 1.165) is 12.8 Å². The van der Waals surface area contributed by atoms with E-state index < -0.39 is 10.0 Å². The van der Waals surface area contributed by atoms with E-state index >= 15 is 0 Å². The van der Waals surface area contributed by atoms with Gasteiger partial charge in [0.25, 0.3) is 0 Å². The summed E-state index contributed by atoms with van der Waals surface area (Å²) in [5.74, 6) is 0.0910. The minimum absolute atomic E-state index is 0. The second-order valence-corrected chi connectivity index (χ2v) is 5.86. The van der Waals surface area contributed by atoms with E-state index in [1.807, 2.05) is 7.05 Å². The van der Waals surface area contributed by atoms with Crippen LogP contribution < -0.4 is 5.32 Å². The van der Waals surface area contributed by atoms with E-state index in [2.05, 4.69) is 5.32 Å². The Labute approximate surface area is 104 Å². The first-order chi connectivity index (χ1) is 7.10. The molecule has 1 rings (SSSR count). The fraction of sp³-hybridized carbons (Fsp3) is 1.00. The smallest absolute Gasteiger partial charge is 0.216 e. The minimum atomic E-state index is -3.10. The van der Waals surface area contributed by atoms with Gasteiger partial charge in [0.1, 0.15) is 0 Å². The van der Waals surface area contributed by atoms with Gasteiger partial charge in [0.2, 0.25) is 10.0 Å². The second-order valence-electron chi connectivity index (χ2n) is 3.77. The van der Waals surface area contributed by atoms with Crippen molar-refractivity contribution in [3.8, 4) is 0 Å². The van der Waals surface area contributed by atoms with Gasteiger partial charge in [-0.2, -0.15) is 0 Å². The van der Waals surface area contributed by atoms with Crippen molar-refractivity contribution in [3.05, 3.63) is 0 Å². The summed E-state index contributed by atoms with van der Waals surface area (Å²) in [7, 11) is 0.336. The Morgan fingerprint density at radius 3 is 2.38 bits per heavy atom.